The van der Waals surface area contributed by atoms with E-state index in [1.165, 1.54) is 0 Å². The minimum absolute atomic E-state index is 0.294. The second-order valence-corrected chi connectivity index (χ2v) is 11.1. The third kappa shape index (κ3) is 9.51. The van der Waals surface area contributed by atoms with Gasteiger partial charge in [-0.15, -0.1) is 0 Å². The van der Waals surface area contributed by atoms with Gasteiger partial charge in [-0.1, -0.05) is 73.7 Å². The zero-order valence-electron chi connectivity index (χ0n) is 24.3. The van der Waals surface area contributed by atoms with E-state index >= 15 is 0 Å². The van der Waals surface area contributed by atoms with Crippen LogP contribution in [0, 0.1) is 20.8 Å². The molecule has 0 aliphatic carbocycles. The molecule has 0 aliphatic rings. The molecule has 0 aromatic heterocycles. The van der Waals surface area contributed by atoms with Crippen molar-refractivity contribution in [2.24, 2.45) is 0 Å². The number of nitrogens with one attached hydrogen (secondary N) is 2. The first-order chi connectivity index (χ1) is 17.8. The molecule has 0 saturated carbocycles. The van der Waals surface area contributed by atoms with Gasteiger partial charge in [-0.05, 0) is 72.1 Å². The van der Waals surface area contributed by atoms with Gasteiger partial charge in [-0.25, -0.2) is 4.79 Å². The van der Waals surface area contributed by atoms with Crippen LogP contribution in [-0.4, -0.2) is 41.0 Å². The van der Waals surface area contributed by atoms with E-state index in [4.69, 9.17) is 4.74 Å². The highest BCUT2D eigenvalue weighted by Gasteiger charge is 2.35. The Morgan fingerprint density at radius 2 is 1.58 bits per heavy atom. The number of nitrogens with zero attached hydrogens (tertiary/aromatic N) is 1. The monoisotopic (exact) mass is 523 g/mol. The molecule has 2 rings (SSSR count). The van der Waals surface area contributed by atoms with Gasteiger partial charge in [0.2, 0.25) is 5.91 Å². The summed E-state index contributed by atoms with van der Waals surface area (Å²) in [5.74, 6) is -0.630. The standard InChI is InChI=1S/C31H45N3O4/c1-9-10-11-14-17-34(29(36)24(5)32-30(37)38-31(6,7)8)27(25-19-21(2)18-22(3)20-25)28(35)33-26-16-13-12-15-23(26)4/h12-13,15-16,18-20,24,27H,9-11,14,17H2,1-8H3,(H,32,37)(H,33,35). The summed E-state index contributed by atoms with van der Waals surface area (Å²) in [6.45, 7) is 15.3. The molecule has 208 valence electrons. The minimum atomic E-state index is -0.879. The molecule has 2 unspecified atom stereocenters. The van der Waals surface area contributed by atoms with Crippen molar-refractivity contribution in [3.8, 4) is 0 Å². The summed E-state index contributed by atoms with van der Waals surface area (Å²) < 4.78 is 5.37. The highest BCUT2D eigenvalue weighted by Crippen LogP contribution is 2.27. The second-order valence-electron chi connectivity index (χ2n) is 11.1. The molecule has 2 atom stereocenters. The molecule has 0 fully saturated rings. The molecule has 0 aliphatic heterocycles. The lowest BCUT2D eigenvalue weighted by molar-refractivity contribution is -0.140. The third-order valence-corrected chi connectivity index (χ3v) is 6.16. The van der Waals surface area contributed by atoms with E-state index < -0.39 is 23.8 Å². The Hall–Kier alpha value is -3.35. The van der Waals surface area contributed by atoms with Crippen LogP contribution in [-0.2, 0) is 14.3 Å². The largest absolute Gasteiger partial charge is 0.444 e. The zero-order chi connectivity index (χ0) is 28.5. The van der Waals surface area contributed by atoms with Gasteiger partial charge >= 0.3 is 6.09 Å². The fourth-order valence-electron chi connectivity index (χ4n) is 4.43. The van der Waals surface area contributed by atoms with Crippen molar-refractivity contribution in [1.29, 1.82) is 0 Å². The van der Waals surface area contributed by atoms with Crippen molar-refractivity contribution in [2.75, 3.05) is 11.9 Å². The Morgan fingerprint density at radius 1 is 0.947 bits per heavy atom. The fraction of sp³-hybridized carbons (Fsp3) is 0.516. The molecule has 0 bridgehead atoms. The number of ether oxygens (including phenoxy) is 1. The van der Waals surface area contributed by atoms with Crippen molar-refractivity contribution < 1.29 is 19.1 Å². The molecule has 2 aromatic carbocycles. The first-order valence-electron chi connectivity index (χ1n) is 13.6. The van der Waals surface area contributed by atoms with E-state index in [0.29, 0.717) is 12.2 Å². The number of hydrogen-bond acceptors (Lipinski definition) is 4. The maximum absolute atomic E-state index is 13.9. The van der Waals surface area contributed by atoms with Gasteiger partial charge in [0.25, 0.3) is 5.91 Å². The predicted octanol–water partition coefficient (Wildman–Crippen LogP) is 6.61. The number of carbonyl (C=O) groups excluding carboxylic acids is 3. The Labute approximate surface area is 228 Å². The van der Waals surface area contributed by atoms with Gasteiger partial charge in [-0.2, -0.15) is 0 Å². The van der Waals surface area contributed by atoms with E-state index in [2.05, 4.69) is 17.6 Å². The number of alkyl carbamates (subject to hydrolysis) is 1. The van der Waals surface area contributed by atoms with Crippen LogP contribution in [0.4, 0.5) is 10.5 Å². The fourth-order valence-corrected chi connectivity index (χ4v) is 4.43. The van der Waals surface area contributed by atoms with Gasteiger partial charge < -0.3 is 20.3 Å². The molecular weight excluding hydrogens is 478 g/mol. The number of aryl methyl sites for hydroxylation is 3. The molecule has 3 amide bonds. The van der Waals surface area contributed by atoms with E-state index in [1.807, 2.05) is 63.2 Å². The summed E-state index contributed by atoms with van der Waals surface area (Å²) in [6.07, 6.45) is 3.11. The van der Waals surface area contributed by atoms with Gasteiger partial charge in [0.05, 0.1) is 0 Å². The first-order valence-corrected chi connectivity index (χ1v) is 13.6. The average molecular weight is 524 g/mol. The van der Waals surface area contributed by atoms with Gasteiger partial charge in [-0.3, -0.25) is 9.59 Å². The van der Waals surface area contributed by atoms with Gasteiger partial charge in [0, 0.05) is 12.2 Å². The molecule has 0 heterocycles. The van der Waals surface area contributed by atoms with Crippen LogP contribution in [0.15, 0.2) is 42.5 Å². The maximum atomic E-state index is 13.9. The Balaban J connectivity index is 2.48. The smallest absolute Gasteiger partial charge is 0.408 e. The quantitative estimate of drug-likeness (QED) is 0.324. The van der Waals surface area contributed by atoms with Crippen LogP contribution in [0.1, 0.15) is 88.6 Å². The summed E-state index contributed by atoms with van der Waals surface area (Å²) in [5.41, 5.74) is 3.69. The number of amides is 3. The molecule has 0 spiro atoms. The molecule has 0 radical (unpaired) electrons. The van der Waals surface area contributed by atoms with Crippen LogP contribution < -0.4 is 10.6 Å². The van der Waals surface area contributed by atoms with E-state index in [-0.39, 0.29) is 11.8 Å². The van der Waals surface area contributed by atoms with Gasteiger partial charge in [0.15, 0.2) is 0 Å². The number of anilines is 1. The van der Waals surface area contributed by atoms with Crippen LogP contribution in [0.25, 0.3) is 0 Å². The number of unbranched alkanes of at least 4 members (excludes halogenated alkanes) is 3. The van der Waals surface area contributed by atoms with E-state index in [9.17, 15) is 14.4 Å². The number of benzene rings is 2. The third-order valence-electron chi connectivity index (χ3n) is 6.16. The summed E-state index contributed by atoms with van der Waals surface area (Å²) in [4.78, 5) is 41.9. The second kappa shape index (κ2) is 14.0. The topological polar surface area (TPSA) is 87.7 Å². The molecule has 0 saturated heterocycles. The van der Waals surface area contributed by atoms with E-state index in [0.717, 1.165) is 47.9 Å². The molecule has 2 N–H and O–H groups in total. The van der Waals surface area contributed by atoms with Crippen molar-refractivity contribution in [3.63, 3.8) is 0 Å². The Morgan fingerprint density at radius 3 is 2.16 bits per heavy atom. The summed E-state index contributed by atoms with van der Waals surface area (Å²) in [5, 5.41) is 5.71. The zero-order valence-corrected chi connectivity index (χ0v) is 24.3. The molecule has 7 heteroatoms. The minimum Gasteiger partial charge on any atom is -0.444 e. The summed E-state index contributed by atoms with van der Waals surface area (Å²) in [7, 11) is 0. The number of rotatable bonds is 11. The van der Waals surface area contributed by atoms with Crippen molar-refractivity contribution >= 4 is 23.6 Å². The highest BCUT2D eigenvalue weighted by atomic mass is 16.6. The predicted molar refractivity (Wildman–Crippen MR) is 153 cm³/mol. The maximum Gasteiger partial charge on any atom is 0.408 e. The lowest BCUT2D eigenvalue weighted by Gasteiger charge is -2.34. The summed E-state index contributed by atoms with van der Waals surface area (Å²) >= 11 is 0. The summed E-state index contributed by atoms with van der Waals surface area (Å²) in [6, 6.07) is 11.8. The highest BCUT2D eigenvalue weighted by molar-refractivity contribution is 5.99. The van der Waals surface area contributed by atoms with Crippen LogP contribution in [0.2, 0.25) is 0 Å². The molecule has 2 aromatic rings. The van der Waals surface area contributed by atoms with Crippen LogP contribution >= 0.6 is 0 Å². The Bertz CT molecular complexity index is 1090. The number of carbonyl (C=O) groups is 3. The van der Waals surface area contributed by atoms with Crippen molar-refractivity contribution in [2.45, 2.75) is 98.8 Å². The average Bonchev–Trinajstić information content (AvgIpc) is 2.80. The number of para-hydroxylation sites is 1. The molecular formula is C31H45N3O4. The van der Waals surface area contributed by atoms with Crippen LogP contribution in [0.5, 0.6) is 0 Å². The van der Waals surface area contributed by atoms with Crippen LogP contribution in [0.3, 0.4) is 0 Å². The molecule has 38 heavy (non-hydrogen) atoms. The van der Waals surface area contributed by atoms with Crippen molar-refractivity contribution in [1.82, 2.24) is 10.2 Å². The molecule has 7 nitrogen and oxygen atoms in total. The van der Waals surface area contributed by atoms with Gasteiger partial charge in [0.1, 0.15) is 17.7 Å². The normalized spacial score (nSPS) is 12.8. The Kier molecular flexibility index (Phi) is 11.4. The SMILES string of the molecule is CCCCCCN(C(=O)C(C)NC(=O)OC(C)(C)C)C(C(=O)Nc1ccccc1C)c1cc(C)cc(C)c1. The number of hydrogen-bond donors (Lipinski definition) is 2. The van der Waals surface area contributed by atoms with Crippen molar-refractivity contribution in [3.05, 3.63) is 64.7 Å². The van der Waals surface area contributed by atoms with E-state index in [1.54, 1.807) is 32.6 Å². The lowest BCUT2D eigenvalue weighted by Crippen LogP contribution is -2.51. The lowest BCUT2D eigenvalue weighted by atomic mass is 9.98. The first kappa shape index (κ1) is 30.9.